The first-order valence-corrected chi connectivity index (χ1v) is 3.24. The Morgan fingerprint density at radius 3 is 2.57 bits per heavy atom. The molecule has 0 aliphatic heterocycles. The third-order valence-electron chi connectivity index (χ3n) is 1.31. The Morgan fingerprint density at radius 1 is 1.43 bits per heavy atom. The van der Waals surface area contributed by atoms with Crippen LogP contribution in [0, 0.1) is 10.1 Å². The van der Waals surface area contributed by atoms with E-state index in [4.69, 9.17) is 5.21 Å². The van der Waals surface area contributed by atoms with Crippen molar-refractivity contribution in [3.05, 3.63) is 36.6 Å². The SMILES string of the molecule is O=c1[nH]c(/C=N/O)c([N+](=O)[O-])c(=O)[nH]1. The first-order valence-electron chi connectivity index (χ1n) is 3.24. The van der Waals surface area contributed by atoms with Crippen LogP contribution in [0.2, 0.25) is 0 Å². The maximum absolute atomic E-state index is 10.9. The number of nitrogens with one attached hydrogen (secondary N) is 2. The topological polar surface area (TPSA) is 141 Å². The fourth-order valence-electron chi connectivity index (χ4n) is 0.830. The van der Waals surface area contributed by atoms with Crippen LogP contribution < -0.4 is 11.2 Å². The van der Waals surface area contributed by atoms with Gasteiger partial charge in [-0.25, -0.2) is 4.79 Å². The molecule has 0 saturated carbocycles. The molecule has 0 saturated heterocycles. The molecule has 0 spiro atoms. The highest BCUT2D eigenvalue weighted by atomic mass is 16.6. The smallest absolute Gasteiger partial charge is 0.358 e. The van der Waals surface area contributed by atoms with Gasteiger partial charge in [0.1, 0.15) is 5.69 Å². The van der Waals surface area contributed by atoms with Crippen molar-refractivity contribution in [1.29, 1.82) is 0 Å². The van der Waals surface area contributed by atoms with Crippen molar-refractivity contribution in [1.82, 2.24) is 9.97 Å². The molecule has 0 aromatic carbocycles. The zero-order valence-electron chi connectivity index (χ0n) is 6.55. The van der Waals surface area contributed by atoms with Crippen molar-refractivity contribution in [2.24, 2.45) is 5.16 Å². The first kappa shape index (κ1) is 9.64. The Bertz CT molecular complexity index is 498. The molecule has 1 aromatic rings. The molecular weight excluding hydrogens is 196 g/mol. The van der Waals surface area contributed by atoms with Crippen LogP contribution in [0.15, 0.2) is 14.7 Å². The van der Waals surface area contributed by atoms with Gasteiger partial charge in [0.15, 0.2) is 0 Å². The second-order valence-electron chi connectivity index (χ2n) is 2.17. The number of oxime groups is 1. The number of hydrogen-bond donors (Lipinski definition) is 3. The van der Waals surface area contributed by atoms with Crippen molar-refractivity contribution < 1.29 is 10.1 Å². The van der Waals surface area contributed by atoms with E-state index >= 15 is 0 Å². The lowest BCUT2D eigenvalue weighted by molar-refractivity contribution is -0.386. The highest BCUT2D eigenvalue weighted by Gasteiger charge is 2.19. The first-order chi connectivity index (χ1) is 6.56. The standard InChI is InChI=1S/C5H4N4O5/c10-4-3(9(13)14)2(1-6-12)7-5(11)8-4/h1,12H,(H2,7,8,10,11)/b6-1+. The van der Waals surface area contributed by atoms with Gasteiger partial charge in [-0.1, -0.05) is 5.16 Å². The monoisotopic (exact) mass is 200 g/mol. The fraction of sp³-hybridized carbons (Fsp3) is 0. The molecule has 1 heterocycles. The molecule has 3 N–H and O–H groups in total. The number of nitro groups is 1. The second-order valence-corrected chi connectivity index (χ2v) is 2.17. The van der Waals surface area contributed by atoms with E-state index in [1.807, 2.05) is 4.98 Å². The average Bonchev–Trinajstić information content (AvgIpc) is 2.01. The summed E-state index contributed by atoms with van der Waals surface area (Å²) in [5.41, 5.74) is -3.43. The molecule has 1 aromatic heterocycles. The lowest BCUT2D eigenvalue weighted by Gasteiger charge is -1.93. The van der Waals surface area contributed by atoms with Crippen molar-refractivity contribution >= 4 is 11.9 Å². The maximum Gasteiger partial charge on any atom is 0.358 e. The van der Waals surface area contributed by atoms with Crippen LogP contribution in [-0.2, 0) is 0 Å². The van der Waals surface area contributed by atoms with Crippen LogP contribution in [0.4, 0.5) is 5.69 Å². The van der Waals surface area contributed by atoms with E-state index in [0.717, 1.165) is 0 Å². The normalized spacial score (nSPS) is 10.6. The molecular formula is C5H4N4O5. The zero-order chi connectivity index (χ0) is 10.7. The Labute approximate surface area is 74.9 Å². The van der Waals surface area contributed by atoms with Gasteiger partial charge in [0, 0.05) is 0 Å². The van der Waals surface area contributed by atoms with Gasteiger partial charge in [-0.3, -0.25) is 19.9 Å². The molecule has 14 heavy (non-hydrogen) atoms. The summed E-state index contributed by atoms with van der Waals surface area (Å²) in [6, 6.07) is 0. The minimum atomic E-state index is -1.16. The minimum Gasteiger partial charge on any atom is -0.411 e. The van der Waals surface area contributed by atoms with Crippen molar-refractivity contribution in [3.8, 4) is 0 Å². The Kier molecular flexibility index (Phi) is 2.42. The summed E-state index contributed by atoms with van der Waals surface area (Å²) in [4.78, 5) is 34.6. The van der Waals surface area contributed by atoms with Gasteiger partial charge in [0.2, 0.25) is 0 Å². The van der Waals surface area contributed by atoms with Gasteiger partial charge in [0.05, 0.1) is 11.1 Å². The van der Waals surface area contributed by atoms with Gasteiger partial charge in [0.25, 0.3) is 0 Å². The van der Waals surface area contributed by atoms with Crippen molar-refractivity contribution in [2.45, 2.75) is 0 Å². The lowest BCUT2D eigenvalue weighted by Crippen LogP contribution is -2.26. The van der Waals surface area contributed by atoms with E-state index in [1.54, 1.807) is 4.98 Å². The molecule has 0 aliphatic rings. The van der Waals surface area contributed by atoms with Crippen LogP contribution in [0.5, 0.6) is 0 Å². The largest absolute Gasteiger partial charge is 0.411 e. The van der Waals surface area contributed by atoms with E-state index in [9.17, 15) is 19.7 Å². The molecule has 0 unspecified atom stereocenters. The molecule has 0 atom stereocenters. The van der Waals surface area contributed by atoms with Crippen LogP contribution in [0.25, 0.3) is 0 Å². The van der Waals surface area contributed by atoms with Gasteiger partial charge < -0.3 is 10.2 Å². The fourth-order valence-corrected chi connectivity index (χ4v) is 0.830. The number of aromatic nitrogens is 2. The molecule has 0 radical (unpaired) electrons. The van der Waals surface area contributed by atoms with E-state index in [2.05, 4.69) is 5.16 Å². The van der Waals surface area contributed by atoms with Crippen LogP contribution in [0.3, 0.4) is 0 Å². The summed E-state index contributed by atoms with van der Waals surface area (Å²) in [5.74, 6) is 0. The van der Waals surface area contributed by atoms with Crippen LogP contribution in [0.1, 0.15) is 5.69 Å². The number of H-pyrrole nitrogens is 2. The highest BCUT2D eigenvalue weighted by Crippen LogP contribution is 2.03. The van der Waals surface area contributed by atoms with E-state index in [0.29, 0.717) is 6.21 Å². The Balaban J connectivity index is 3.61. The number of rotatable bonds is 2. The predicted molar refractivity (Wildman–Crippen MR) is 43.7 cm³/mol. The number of hydrogen-bond acceptors (Lipinski definition) is 6. The van der Waals surface area contributed by atoms with Gasteiger partial charge in [-0.2, -0.15) is 0 Å². The summed E-state index contributed by atoms with van der Waals surface area (Å²) in [6.07, 6.45) is 0.592. The summed E-state index contributed by atoms with van der Waals surface area (Å²) in [5, 5.41) is 20.9. The van der Waals surface area contributed by atoms with Gasteiger partial charge >= 0.3 is 16.9 Å². The molecule has 0 bridgehead atoms. The highest BCUT2D eigenvalue weighted by molar-refractivity contribution is 5.81. The Hall–Kier alpha value is -2.45. The predicted octanol–water partition coefficient (Wildman–Crippen LogP) is -1.22. The van der Waals surface area contributed by atoms with Crippen LogP contribution >= 0.6 is 0 Å². The summed E-state index contributed by atoms with van der Waals surface area (Å²) in [6.45, 7) is 0. The Morgan fingerprint density at radius 2 is 2.07 bits per heavy atom. The number of aromatic amines is 2. The minimum absolute atomic E-state index is 0.466. The molecule has 1 rings (SSSR count). The quantitative estimate of drug-likeness (QED) is 0.237. The molecule has 0 aliphatic carbocycles. The van der Waals surface area contributed by atoms with Crippen LogP contribution in [-0.4, -0.2) is 26.3 Å². The molecule has 0 fully saturated rings. The summed E-state index contributed by atoms with van der Waals surface area (Å²) < 4.78 is 0. The third kappa shape index (κ3) is 1.65. The maximum atomic E-state index is 10.9. The zero-order valence-corrected chi connectivity index (χ0v) is 6.55. The van der Waals surface area contributed by atoms with E-state index in [-0.39, 0.29) is 0 Å². The molecule has 9 heteroatoms. The molecule has 9 nitrogen and oxygen atoms in total. The molecule has 0 amide bonds. The third-order valence-corrected chi connectivity index (χ3v) is 1.31. The van der Waals surface area contributed by atoms with E-state index < -0.39 is 27.6 Å². The van der Waals surface area contributed by atoms with Crippen molar-refractivity contribution in [3.63, 3.8) is 0 Å². The van der Waals surface area contributed by atoms with Gasteiger partial charge in [-0.05, 0) is 0 Å². The lowest BCUT2D eigenvalue weighted by atomic mass is 10.4. The number of nitrogens with zero attached hydrogens (tertiary/aromatic N) is 2. The van der Waals surface area contributed by atoms with E-state index in [1.165, 1.54) is 0 Å². The van der Waals surface area contributed by atoms with Crippen molar-refractivity contribution in [2.75, 3.05) is 0 Å². The summed E-state index contributed by atoms with van der Waals surface area (Å²) >= 11 is 0. The average molecular weight is 200 g/mol. The second kappa shape index (κ2) is 3.51. The molecule has 74 valence electrons. The van der Waals surface area contributed by atoms with Gasteiger partial charge in [-0.15, -0.1) is 0 Å². The summed E-state index contributed by atoms with van der Waals surface area (Å²) in [7, 11) is 0.